The molecular formula is C16H19N7O2. The van der Waals surface area contributed by atoms with Gasteiger partial charge in [0.2, 0.25) is 5.91 Å². The fourth-order valence-corrected chi connectivity index (χ4v) is 2.73. The van der Waals surface area contributed by atoms with Crippen molar-refractivity contribution in [1.29, 1.82) is 5.26 Å². The number of nitrogens with zero attached hydrogens (tertiary/aromatic N) is 6. The van der Waals surface area contributed by atoms with Crippen molar-refractivity contribution in [3.05, 3.63) is 30.5 Å². The molecular weight excluding hydrogens is 322 g/mol. The van der Waals surface area contributed by atoms with Crippen LogP contribution in [0.25, 0.3) is 0 Å². The van der Waals surface area contributed by atoms with Crippen LogP contribution in [-0.4, -0.2) is 55.9 Å². The van der Waals surface area contributed by atoms with E-state index in [-0.39, 0.29) is 30.4 Å². The smallest absolute Gasteiger partial charge is 0.244 e. The normalized spacial score (nSPS) is 20.1. The summed E-state index contributed by atoms with van der Waals surface area (Å²) in [6.45, 7) is 5.28. The lowest BCUT2D eigenvalue weighted by Gasteiger charge is -2.35. The molecule has 0 aromatic carbocycles. The molecule has 1 saturated heterocycles. The zero-order valence-electron chi connectivity index (χ0n) is 14.1. The van der Waals surface area contributed by atoms with Crippen LogP contribution in [0.2, 0.25) is 0 Å². The molecule has 2 aromatic heterocycles. The molecule has 1 amide bonds. The van der Waals surface area contributed by atoms with Gasteiger partial charge in [0.1, 0.15) is 18.4 Å². The predicted octanol–water partition coefficient (Wildman–Crippen LogP) is 0.924. The quantitative estimate of drug-likeness (QED) is 0.881. The minimum atomic E-state index is 0.00909. The molecule has 9 heteroatoms. The van der Waals surface area contributed by atoms with Crippen LogP contribution in [0.5, 0.6) is 0 Å². The second-order valence-corrected chi connectivity index (χ2v) is 6.01. The van der Waals surface area contributed by atoms with Crippen molar-refractivity contribution in [3.8, 4) is 6.07 Å². The van der Waals surface area contributed by atoms with Gasteiger partial charge in [0.15, 0.2) is 5.69 Å². The maximum absolute atomic E-state index is 12.4. The Bertz CT molecular complexity index is 771. The molecule has 0 saturated carbocycles. The van der Waals surface area contributed by atoms with Crippen molar-refractivity contribution in [3.63, 3.8) is 0 Å². The minimum absolute atomic E-state index is 0.00909. The van der Waals surface area contributed by atoms with Gasteiger partial charge in [-0.2, -0.15) is 10.4 Å². The third kappa shape index (κ3) is 4.30. The van der Waals surface area contributed by atoms with E-state index in [1.165, 1.54) is 12.4 Å². The Morgan fingerprint density at radius 3 is 2.72 bits per heavy atom. The Morgan fingerprint density at radius 1 is 1.32 bits per heavy atom. The second-order valence-electron chi connectivity index (χ2n) is 6.01. The topological polar surface area (TPSA) is 109 Å². The van der Waals surface area contributed by atoms with E-state index in [4.69, 9.17) is 10.00 Å². The summed E-state index contributed by atoms with van der Waals surface area (Å²) in [6, 6.07) is 1.91. The first-order chi connectivity index (χ1) is 12.0. The molecule has 2 atom stereocenters. The van der Waals surface area contributed by atoms with Crippen LogP contribution >= 0.6 is 0 Å². The van der Waals surface area contributed by atoms with Gasteiger partial charge in [-0.25, -0.2) is 9.97 Å². The van der Waals surface area contributed by atoms with E-state index in [9.17, 15) is 4.79 Å². The number of morpholine rings is 1. The number of aromatic nitrogens is 4. The summed E-state index contributed by atoms with van der Waals surface area (Å²) in [4.78, 5) is 22.3. The molecule has 0 radical (unpaired) electrons. The lowest BCUT2D eigenvalue weighted by molar-refractivity contribution is -0.144. The maximum Gasteiger partial charge on any atom is 0.244 e. The molecule has 1 aliphatic rings. The number of anilines is 2. The van der Waals surface area contributed by atoms with E-state index in [1.54, 1.807) is 22.0 Å². The summed E-state index contributed by atoms with van der Waals surface area (Å²) < 4.78 is 7.22. The van der Waals surface area contributed by atoms with Crippen molar-refractivity contribution in [2.24, 2.45) is 0 Å². The van der Waals surface area contributed by atoms with Crippen LogP contribution in [-0.2, 0) is 16.1 Å². The Labute approximate surface area is 145 Å². The van der Waals surface area contributed by atoms with Crippen molar-refractivity contribution in [1.82, 2.24) is 24.6 Å². The first-order valence-corrected chi connectivity index (χ1v) is 7.98. The van der Waals surface area contributed by atoms with Crippen LogP contribution in [0.4, 0.5) is 11.5 Å². The molecule has 3 heterocycles. The number of rotatable bonds is 4. The van der Waals surface area contributed by atoms with Crippen molar-refractivity contribution in [2.45, 2.75) is 32.6 Å². The van der Waals surface area contributed by atoms with E-state index >= 15 is 0 Å². The molecule has 1 N–H and O–H groups in total. The SMILES string of the molecule is C[C@H]1CN(C(=O)Cn2cc(Nc3cnc(C#N)cn3)cn2)C[C@H](C)O1. The van der Waals surface area contributed by atoms with Gasteiger partial charge in [0.25, 0.3) is 0 Å². The fraction of sp³-hybridized carbons (Fsp3) is 0.438. The van der Waals surface area contributed by atoms with Crippen molar-refractivity contribution in [2.75, 3.05) is 18.4 Å². The molecule has 0 aliphatic carbocycles. The Morgan fingerprint density at radius 2 is 2.08 bits per heavy atom. The number of hydrogen-bond donors (Lipinski definition) is 1. The molecule has 1 aliphatic heterocycles. The Hall–Kier alpha value is -2.99. The minimum Gasteiger partial charge on any atom is -0.372 e. The van der Waals surface area contributed by atoms with Crippen molar-refractivity contribution >= 4 is 17.4 Å². The third-order valence-corrected chi connectivity index (χ3v) is 3.74. The summed E-state index contributed by atoms with van der Waals surface area (Å²) in [5.74, 6) is 0.510. The molecule has 2 aromatic rings. The first-order valence-electron chi connectivity index (χ1n) is 7.98. The van der Waals surface area contributed by atoms with Crippen LogP contribution in [0.15, 0.2) is 24.8 Å². The van der Waals surface area contributed by atoms with Gasteiger partial charge in [0, 0.05) is 19.3 Å². The third-order valence-electron chi connectivity index (χ3n) is 3.74. The molecule has 9 nitrogen and oxygen atoms in total. The summed E-state index contributed by atoms with van der Waals surface area (Å²) in [5.41, 5.74) is 0.941. The van der Waals surface area contributed by atoms with Gasteiger partial charge in [0.05, 0.1) is 36.5 Å². The number of hydrogen-bond acceptors (Lipinski definition) is 7. The molecule has 1 fully saturated rings. The first kappa shape index (κ1) is 16.9. The summed E-state index contributed by atoms with van der Waals surface area (Å²) in [7, 11) is 0. The largest absolute Gasteiger partial charge is 0.372 e. The number of amides is 1. The highest BCUT2D eigenvalue weighted by Gasteiger charge is 2.25. The number of carbonyl (C=O) groups is 1. The van der Waals surface area contributed by atoms with E-state index < -0.39 is 0 Å². The van der Waals surface area contributed by atoms with E-state index in [0.717, 1.165) is 0 Å². The average Bonchev–Trinajstić information content (AvgIpc) is 3.01. The van der Waals surface area contributed by atoms with Gasteiger partial charge < -0.3 is 15.0 Å². The van der Waals surface area contributed by atoms with Crippen molar-refractivity contribution < 1.29 is 9.53 Å². The van der Waals surface area contributed by atoms with Crippen LogP contribution in [0.3, 0.4) is 0 Å². The number of nitrogens with one attached hydrogen (secondary N) is 1. The maximum atomic E-state index is 12.4. The number of nitriles is 1. The molecule has 0 spiro atoms. The number of ether oxygens (including phenoxy) is 1. The lowest BCUT2D eigenvalue weighted by atomic mass is 10.2. The van der Waals surface area contributed by atoms with Gasteiger partial charge in [-0.1, -0.05) is 0 Å². The zero-order chi connectivity index (χ0) is 17.8. The highest BCUT2D eigenvalue weighted by atomic mass is 16.5. The zero-order valence-corrected chi connectivity index (χ0v) is 14.1. The highest BCUT2D eigenvalue weighted by Crippen LogP contribution is 2.14. The highest BCUT2D eigenvalue weighted by molar-refractivity contribution is 5.76. The van der Waals surface area contributed by atoms with Gasteiger partial charge >= 0.3 is 0 Å². The standard InChI is InChI=1S/C16H19N7O2/c1-11-7-22(8-12(2)25-11)16(24)10-23-9-14(5-20-23)21-15-6-18-13(3-17)4-19-15/h4-6,9,11-12H,7-8,10H2,1-2H3,(H,19,21)/t11-,12-/m0/s1. The summed E-state index contributed by atoms with van der Waals surface area (Å²) in [6.07, 6.45) is 6.27. The van der Waals surface area contributed by atoms with Crippen LogP contribution in [0.1, 0.15) is 19.5 Å². The van der Waals surface area contributed by atoms with Gasteiger partial charge in [-0.05, 0) is 13.8 Å². The average molecular weight is 341 g/mol. The molecule has 3 rings (SSSR count). The van der Waals surface area contributed by atoms with E-state index in [0.29, 0.717) is 24.6 Å². The predicted molar refractivity (Wildman–Crippen MR) is 88.8 cm³/mol. The van der Waals surface area contributed by atoms with Crippen LogP contribution in [0, 0.1) is 11.3 Å². The van der Waals surface area contributed by atoms with E-state index in [2.05, 4.69) is 20.4 Å². The Kier molecular flexibility index (Phi) is 4.90. The molecule has 0 bridgehead atoms. The van der Waals surface area contributed by atoms with Crippen LogP contribution < -0.4 is 5.32 Å². The van der Waals surface area contributed by atoms with Gasteiger partial charge in [-0.3, -0.25) is 9.48 Å². The Balaban J connectivity index is 1.59. The monoisotopic (exact) mass is 341 g/mol. The molecule has 25 heavy (non-hydrogen) atoms. The molecule has 130 valence electrons. The van der Waals surface area contributed by atoms with Gasteiger partial charge in [-0.15, -0.1) is 0 Å². The molecule has 0 unspecified atom stereocenters. The van der Waals surface area contributed by atoms with E-state index in [1.807, 2.05) is 19.9 Å². The number of carbonyl (C=O) groups excluding carboxylic acids is 1. The summed E-state index contributed by atoms with van der Waals surface area (Å²) in [5, 5.41) is 15.9. The second kappa shape index (κ2) is 7.27. The fourth-order valence-electron chi connectivity index (χ4n) is 2.73. The lowest BCUT2D eigenvalue weighted by Crippen LogP contribution is -2.49. The summed E-state index contributed by atoms with van der Waals surface area (Å²) >= 11 is 0.